The van der Waals surface area contributed by atoms with E-state index in [1.54, 1.807) is 31.2 Å². The maximum atomic E-state index is 12.0. The minimum atomic E-state index is -1.69. The van der Waals surface area contributed by atoms with Gasteiger partial charge >= 0.3 is 0 Å². The van der Waals surface area contributed by atoms with Crippen LogP contribution in [0, 0.1) is 17.0 Å². The maximum Gasteiger partial charge on any atom is 0.277 e. The fraction of sp³-hybridized carbons (Fsp3) is 0.188. The van der Waals surface area contributed by atoms with Gasteiger partial charge in [0.15, 0.2) is 0 Å². The Kier molecular flexibility index (Phi) is 4.56. The number of hydrogen-bond donors (Lipinski definition) is 1. The van der Waals surface area contributed by atoms with E-state index in [9.17, 15) is 14.9 Å². The van der Waals surface area contributed by atoms with Gasteiger partial charge in [0.05, 0.1) is 10.5 Å². The second-order valence-electron chi connectivity index (χ2n) is 5.18. The van der Waals surface area contributed by atoms with Crippen LogP contribution in [0.15, 0.2) is 42.5 Å². The van der Waals surface area contributed by atoms with Crippen LogP contribution in [-0.4, -0.2) is 10.8 Å². The zero-order valence-electron chi connectivity index (χ0n) is 12.6. The summed E-state index contributed by atoms with van der Waals surface area (Å²) in [6, 6.07) is 10.7. The van der Waals surface area contributed by atoms with Crippen molar-refractivity contribution in [2.75, 3.05) is 0 Å². The molecule has 7 heteroatoms. The van der Waals surface area contributed by atoms with E-state index in [1.165, 1.54) is 25.1 Å². The van der Waals surface area contributed by atoms with Crippen LogP contribution >= 0.6 is 11.6 Å². The molecule has 0 aliphatic carbocycles. The molecule has 120 valence electrons. The SMILES string of the molecule is Cc1cc(OC(C)(C(N)=O)c2ccccc2[N+](=O)[O-])ccc1Cl. The monoisotopic (exact) mass is 334 g/mol. The van der Waals surface area contributed by atoms with Crippen LogP contribution < -0.4 is 10.5 Å². The number of rotatable bonds is 5. The first-order chi connectivity index (χ1) is 10.8. The highest BCUT2D eigenvalue weighted by Crippen LogP contribution is 2.34. The topological polar surface area (TPSA) is 95.5 Å². The number of carbonyl (C=O) groups is 1. The smallest absolute Gasteiger partial charge is 0.277 e. The van der Waals surface area contributed by atoms with E-state index < -0.39 is 16.4 Å². The van der Waals surface area contributed by atoms with Crippen molar-refractivity contribution in [3.05, 3.63) is 68.7 Å². The highest BCUT2D eigenvalue weighted by Gasteiger charge is 2.41. The molecule has 0 saturated carbocycles. The molecule has 2 aromatic rings. The molecule has 0 aliphatic heterocycles. The van der Waals surface area contributed by atoms with Gasteiger partial charge in [-0.05, 0) is 43.7 Å². The molecule has 2 N–H and O–H groups in total. The zero-order chi connectivity index (χ0) is 17.2. The molecule has 2 rings (SSSR count). The lowest BCUT2D eigenvalue weighted by molar-refractivity contribution is -0.386. The van der Waals surface area contributed by atoms with E-state index in [-0.39, 0.29) is 11.3 Å². The van der Waals surface area contributed by atoms with Crippen LogP contribution in [0.3, 0.4) is 0 Å². The van der Waals surface area contributed by atoms with E-state index in [4.69, 9.17) is 22.1 Å². The number of ether oxygens (including phenoxy) is 1. The van der Waals surface area contributed by atoms with E-state index in [2.05, 4.69) is 0 Å². The lowest BCUT2D eigenvalue weighted by Crippen LogP contribution is -2.44. The summed E-state index contributed by atoms with van der Waals surface area (Å²) in [7, 11) is 0. The van der Waals surface area contributed by atoms with Crippen molar-refractivity contribution in [2.45, 2.75) is 19.4 Å². The molecule has 0 spiro atoms. The number of aryl methyl sites for hydroxylation is 1. The van der Waals surface area contributed by atoms with E-state index in [0.29, 0.717) is 10.8 Å². The van der Waals surface area contributed by atoms with Crippen LogP contribution in [0.1, 0.15) is 18.1 Å². The number of amides is 1. The molecular weight excluding hydrogens is 320 g/mol. The summed E-state index contributed by atoms with van der Waals surface area (Å²) >= 11 is 5.96. The second-order valence-corrected chi connectivity index (χ2v) is 5.59. The Morgan fingerprint density at radius 2 is 1.96 bits per heavy atom. The van der Waals surface area contributed by atoms with E-state index in [1.807, 2.05) is 0 Å². The molecule has 0 saturated heterocycles. The Balaban J connectivity index is 2.54. The summed E-state index contributed by atoms with van der Waals surface area (Å²) in [5, 5.41) is 11.8. The number of hydrogen-bond acceptors (Lipinski definition) is 4. The second kappa shape index (κ2) is 6.26. The molecule has 2 aromatic carbocycles. The Morgan fingerprint density at radius 3 is 2.52 bits per heavy atom. The van der Waals surface area contributed by atoms with Crippen molar-refractivity contribution in [1.29, 1.82) is 0 Å². The number of carbonyl (C=O) groups excluding carboxylic acids is 1. The number of para-hydroxylation sites is 1. The van der Waals surface area contributed by atoms with Crippen LogP contribution in [0.25, 0.3) is 0 Å². The van der Waals surface area contributed by atoms with Crippen LogP contribution in [0.2, 0.25) is 5.02 Å². The highest BCUT2D eigenvalue weighted by molar-refractivity contribution is 6.31. The predicted molar refractivity (Wildman–Crippen MR) is 86.5 cm³/mol. The number of nitro benzene ring substituents is 1. The Labute approximate surface area is 138 Å². The third kappa shape index (κ3) is 3.27. The number of nitrogens with zero attached hydrogens (tertiary/aromatic N) is 1. The predicted octanol–water partition coefficient (Wildman–Crippen LogP) is 3.34. The van der Waals surface area contributed by atoms with Gasteiger partial charge in [0, 0.05) is 11.1 Å². The average molecular weight is 335 g/mol. The third-order valence-corrected chi connectivity index (χ3v) is 3.96. The summed E-state index contributed by atoms with van der Waals surface area (Å²) < 4.78 is 5.74. The number of halogens is 1. The molecule has 23 heavy (non-hydrogen) atoms. The van der Waals surface area contributed by atoms with Gasteiger partial charge in [0.1, 0.15) is 5.75 Å². The van der Waals surface area contributed by atoms with Crippen molar-refractivity contribution in [2.24, 2.45) is 5.73 Å². The molecule has 1 amide bonds. The molecule has 0 aliphatic rings. The van der Waals surface area contributed by atoms with Crippen LogP contribution in [-0.2, 0) is 10.4 Å². The Morgan fingerprint density at radius 1 is 1.30 bits per heavy atom. The standard InChI is InChI=1S/C16H15ClN2O4/c1-10-9-11(7-8-13(10)17)23-16(2,15(18)20)12-5-3-4-6-14(12)19(21)22/h3-9H,1-2H3,(H2,18,20). The van der Waals surface area contributed by atoms with Gasteiger partial charge < -0.3 is 10.5 Å². The quantitative estimate of drug-likeness (QED) is 0.670. The molecule has 0 fully saturated rings. The number of primary amides is 1. The van der Waals surface area contributed by atoms with E-state index >= 15 is 0 Å². The molecular formula is C16H15ClN2O4. The van der Waals surface area contributed by atoms with Gasteiger partial charge in [-0.2, -0.15) is 0 Å². The van der Waals surface area contributed by atoms with Gasteiger partial charge in [0.2, 0.25) is 5.60 Å². The fourth-order valence-corrected chi connectivity index (χ4v) is 2.31. The first-order valence-electron chi connectivity index (χ1n) is 6.74. The first-order valence-corrected chi connectivity index (χ1v) is 7.12. The summed E-state index contributed by atoms with van der Waals surface area (Å²) in [5.74, 6) is -0.495. The normalized spacial score (nSPS) is 13.2. The lowest BCUT2D eigenvalue weighted by Gasteiger charge is -2.27. The van der Waals surface area contributed by atoms with Crippen molar-refractivity contribution in [3.63, 3.8) is 0 Å². The summed E-state index contributed by atoms with van der Waals surface area (Å²) in [5.41, 5.74) is 4.38. The minimum absolute atomic E-state index is 0.0881. The summed E-state index contributed by atoms with van der Waals surface area (Å²) in [6.07, 6.45) is 0. The van der Waals surface area contributed by atoms with Crippen molar-refractivity contribution < 1.29 is 14.5 Å². The van der Waals surface area contributed by atoms with E-state index in [0.717, 1.165) is 5.56 Å². The fourth-order valence-electron chi connectivity index (χ4n) is 2.19. The molecule has 0 radical (unpaired) electrons. The number of benzene rings is 2. The lowest BCUT2D eigenvalue weighted by atomic mass is 9.93. The molecule has 6 nitrogen and oxygen atoms in total. The third-order valence-electron chi connectivity index (χ3n) is 3.54. The van der Waals surface area contributed by atoms with Gasteiger partial charge in [-0.3, -0.25) is 14.9 Å². The van der Waals surface area contributed by atoms with Crippen molar-refractivity contribution in [1.82, 2.24) is 0 Å². The Hall–Kier alpha value is -2.60. The van der Waals surface area contributed by atoms with Gasteiger partial charge in [-0.15, -0.1) is 0 Å². The first kappa shape index (κ1) is 16.8. The maximum absolute atomic E-state index is 12.0. The molecule has 0 aromatic heterocycles. The highest BCUT2D eigenvalue weighted by atomic mass is 35.5. The average Bonchev–Trinajstić information content (AvgIpc) is 2.50. The van der Waals surface area contributed by atoms with Crippen molar-refractivity contribution in [3.8, 4) is 5.75 Å². The largest absolute Gasteiger partial charge is 0.473 e. The summed E-state index contributed by atoms with van der Waals surface area (Å²) in [6.45, 7) is 3.18. The van der Waals surface area contributed by atoms with Gasteiger partial charge in [0.25, 0.3) is 11.6 Å². The minimum Gasteiger partial charge on any atom is -0.473 e. The van der Waals surface area contributed by atoms with Gasteiger partial charge in [-0.25, -0.2) is 0 Å². The zero-order valence-corrected chi connectivity index (χ0v) is 13.3. The van der Waals surface area contributed by atoms with Gasteiger partial charge in [-0.1, -0.05) is 23.7 Å². The summed E-state index contributed by atoms with van der Waals surface area (Å²) in [4.78, 5) is 22.6. The van der Waals surface area contributed by atoms with Crippen LogP contribution in [0.5, 0.6) is 5.75 Å². The molecule has 1 atom stereocenters. The Bertz CT molecular complexity index is 778. The van der Waals surface area contributed by atoms with Crippen LogP contribution in [0.4, 0.5) is 5.69 Å². The van der Waals surface area contributed by atoms with Crippen molar-refractivity contribution >= 4 is 23.2 Å². The molecule has 0 heterocycles. The number of nitro groups is 1. The molecule has 0 bridgehead atoms. The number of nitrogens with two attached hydrogens (primary N) is 1. The molecule has 1 unspecified atom stereocenters.